The van der Waals surface area contributed by atoms with E-state index in [-0.39, 0.29) is 24.1 Å². The Bertz CT molecular complexity index is 949. The maximum Gasteiger partial charge on any atom is 0.410 e. The molecule has 1 aliphatic heterocycles. The fourth-order valence-corrected chi connectivity index (χ4v) is 4.13. The van der Waals surface area contributed by atoms with E-state index in [9.17, 15) is 24.9 Å². The molecule has 2 aromatic rings. The van der Waals surface area contributed by atoms with Crippen molar-refractivity contribution < 1.29 is 29.6 Å². The summed E-state index contributed by atoms with van der Waals surface area (Å²) < 4.78 is 5.41. The van der Waals surface area contributed by atoms with Gasteiger partial charge in [0.15, 0.2) is 0 Å². The number of nitrogens with one attached hydrogen (secondary N) is 1. The lowest BCUT2D eigenvalue weighted by Crippen LogP contribution is -2.39. The number of fused-ring (bicyclic) bond motifs is 1. The summed E-state index contributed by atoms with van der Waals surface area (Å²) in [5, 5.41) is 35.4. The molecule has 1 atom stereocenters. The molecule has 2 N–H and O–H groups in total. The Kier molecular flexibility index (Phi) is 6.23. The predicted molar refractivity (Wildman–Crippen MR) is 109 cm³/mol. The minimum Gasteiger partial charge on any atom is -0.444 e. The minimum absolute atomic E-state index is 0.0942. The summed E-state index contributed by atoms with van der Waals surface area (Å²) in [7, 11) is 0. The fourth-order valence-electron chi connectivity index (χ4n) is 3.05. The van der Waals surface area contributed by atoms with Crippen LogP contribution in [0.1, 0.15) is 52.6 Å². The number of aliphatic hydroxyl groups is 1. The third-order valence-corrected chi connectivity index (χ3v) is 5.79. The van der Waals surface area contributed by atoms with Gasteiger partial charge in [0.25, 0.3) is 5.91 Å². The van der Waals surface area contributed by atoms with Crippen molar-refractivity contribution in [2.24, 2.45) is 0 Å². The van der Waals surface area contributed by atoms with Gasteiger partial charge in [-0.1, -0.05) is 6.07 Å². The van der Waals surface area contributed by atoms with Crippen molar-refractivity contribution in [1.82, 2.24) is 10.2 Å². The Labute approximate surface area is 178 Å². The van der Waals surface area contributed by atoms with Crippen molar-refractivity contribution >= 4 is 23.3 Å². The maximum absolute atomic E-state index is 12.5. The van der Waals surface area contributed by atoms with Crippen molar-refractivity contribution in [3.8, 4) is 11.5 Å². The van der Waals surface area contributed by atoms with E-state index in [2.05, 4.69) is 5.32 Å². The quantitative estimate of drug-likeness (QED) is 0.764. The highest BCUT2D eigenvalue weighted by Gasteiger charge is 2.28. The second kappa shape index (κ2) is 8.53. The first kappa shape index (κ1) is 21.9. The van der Waals surface area contributed by atoms with Crippen LogP contribution in [-0.4, -0.2) is 40.7 Å². The molecule has 1 aromatic heterocycles. The van der Waals surface area contributed by atoms with Crippen molar-refractivity contribution in [3.05, 3.63) is 45.1 Å². The Balaban J connectivity index is 1.59. The normalized spacial score (nSPS) is 14.7. The lowest BCUT2D eigenvalue weighted by molar-refractivity contribution is 0.0225. The number of benzene rings is 1. The molecule has 2 radical (unpaired) electrons. The Morgan fingerprint density at radius 3 is 2.63 bits per heavy atom. The lowest BCUT2D eigenvalue weighted by atomic mass is 10.1. The highest BCUT2D eigenvalue weighted by Crippen LogP contribution is 2.30. The predicted octanol–water partition coefficient (Wildman–Crippen LogP) is 3.79. The van der Waals surface area contributed by atoms with Gasteiger partial charge in [-0.3, -0.25) is 15.0 Å². The number of hydrogen-bond acceptors (Lipinski definition) is 5. The average Bonchev–Trinajstić information content (AvgIpc) is 3.10. The number of amides is 2. The third kappa shape index (κ3) is 5.22. The van der Waals surface area contributed by atoms with Gasteiger partial charge in [-0.25, -0.2) is 4.79 Å². The van der Waals surface area contributed by atoms with Crippen LogP contribution >= 0.6 is 11.3 Å². The highest BCUT2D eigenvalue weighted by molar-refractivity contribution is 7.14. The first-order valence-electron chi connectivity index (χ1n) is 9.57. The molecule has 0 fully saturated rings. The molecule has 8 nitrogen and oxygen atoms in total. The number of carbonyl (C=O) groups excluding carboxylic acids is 2. The van der Waals surface area contributed by atoms with Gasteiger partial charge >= 0.3 is 6.09 Å². The number of aliphatic hydroxyl groups excluding tert-OH is 1. The molecule has 30 heavy (non-hydrogen) atoms. The van der Waals surface area contributed by atoms with Gasteiger partial charge in [0.1, 0.15) is 5.60 Å². The standard InChI is InChI=1S/C21H24N2O6S/c1-21(2,3)29-20(28)23-7-6-17-13(11-23)9-18(30-17)19(27)22-10-16(26)12-4-5-14(24)15(25)8-12/h4-5,8-9,16,26H,6-7,10-11H2,1-3H3,(H,22,27). The molecule has 3 rings (SSSR count). The van der Waals surface area contributed by atoms with E-state index < -0.39 is 23.2 Å². The van der Waals surface area contributed by atoms with Crippen LogP contribution in [0.4, 0.5) is 4.79 Å². The van der Waals surface area contributed by atoms with E-state index >= 15 is 0 Å². The van der Waals surface area contributed by atoms with Crippen molar-refractivity contribution in [3.63, 3.8) is 0 Å². The van der Waals surface area contributed by atoms with Crippen molar-refractivity contribution in [2.45, 2.75) is 45.4 Å². The second-order valence-corrected chi connectivity index (χ2v) is 9.28. The first-order chi connectivity index (χ1) is 14.0. The highest BCUT2D eigenvalue weighted by atomic mass is 32.1. The largest absolute Gasteiger partial charge is 0.444 e. The lowest BCUT2D eigenvalue weighted by Gasteiger charge is -2.29. The van der Waals surface area contributed by atoms with Crippen LogP contribution in [0.3, 0.4) is 0 Å². The molecule has 2 amide bonds. The molecule has 160 valence electrons. The zero-order valence-electron chi connectivity index (χ0n) is 17.1. The number of hydrogen-bond donors (Lipinski definition) is 2. The summed E-state index contributed by atoms with van der Waals surface area (Å²) in [6.45, 7) is 6.25. The maximum atomic E-state index is 12.5. The summed E-state index contributed by atoms with van der Waals surface area (Å²) in [5.74, 6) is -1.68. The SMILES string of the molecule is CC(C)(C)OC(=O)N1CCc2sc(C(=O)NCC(O)c3ccc([O])c([O])c3)cc2C1. The summed E-state index contributed by atoms with van der Waals surface area (Å²) in [6, 6.07) is 5.30. The number of nitrogens with zero attached hydrogens (tertiary/aromatic N) is 1. The summed E-state index contributed by atoms with van der Waals surface area (Å²) >= 11 is 1.36. The third-order valence-electron chi connectivity index (χ3n) is 4.55. The Hall–Kier alpha value is -2.78. The molecule has 9 heteroatoms. The molecule has 2 heterocycles. The zero-order chi connectivity index (χ0) is 22.1. The topological polar surface area (TPSA) is 119 Å². The van der Waals surface area contributed by atoms with Crippen LogP contribution in [0.2, 0.25) is 0 Å². The van der Waals surface area contributed by atoms with Crippen LogP contribution < -0.4 is 5.32 Å². The van der Waals surface area contributed by atoms with Crippen LogP contribution in [0.5, 0.6) is 11.5 Å². The molecule has 0 spiro atoms. The molecule has 0 saturated heterocycles. The molecule has 1 aliphatic rings. The number of ether oxygens (including phenoxy) is 1. The van der Waals surface area contributed by atoms with Crippen LogP contribution in [0, 0.1) is 0 Å². The van der Waals surface area contributed by atoms with E-state index in [0.717, 1.165) is 22.6 Å². The van der Waals surface area contributed by atoms with Gasteiger partial charge in [0.05, 0.1) is 17.5 Å². The molecule has 0 aliphatic carbocycles. The van der Waals surface area contributed by atoms with Crippen molar-refractivity contribution in [1.29, 1.82) is 0 Å². The van der Waals surface area contributed by atoms with E-state index in [0.29, 0.717) is 24.4 Å². The summed E-state index contributed by atoms with van der Waals surface area (Å²) in [4.78, 5) is 27.9. The Morgan fingerprint density at radius 1 is 1.23 bits per heavy atom. The van der Waals surface area contributed by atoms with Crippen LogP contribution in [0.25, 0.3) is 0 Å². The Morgan fingerprint density at radius 2 is 1.97 bits per heavy atom. The van der Waals surface area contributed by atoms with E-state index in [4.69, 9.17) is 4.74 Å². The summed E-state index contributed by atoms with van der Waals surface area (Å²) in [6.07, 6.45) is -0.835. The molecule has 0 bridgehead atoms. The summed E-state index contributed by atoms with van der Waals surface area (Å²) in [5.41, 5.74) is 0.613. The monoisotopic (exact) mass is 432 g/mol. The smallest absolute Gasteiger partial charge is 0.410 e. The molecule has 1 unspecified atom stereocenters. The minimum atomic E-state index is -1.10. The van der Waals surface area contributed by atoms with Crippen molar-refractivity contribution in [2.75, 3.05) is 13.1 Å². The second-order valence-electron chi connectivity index (χ2n) is 8.14. The van der Waals surface area contributed by atoms with Gasteiger partial charge in [-0.05, 0) is 56.5 Å². The average molecular weight is 432 g/mol. The number of thiophene rings is 1. The van der Waals surface area contributed by atoms with Gasteiger partial charge in [-0.2, -0.15) is 0 Å². The van der Waals surface area contributed by atoms with Gasteiger partial charge < -0.3 is 20.1 Å². The van der Waals surface area contributed by atoms with Crippen LogP contribution in [0.15, 0.2) is 24.3 Å². The molecule has 0 saturated carbocycles. The molecular formula is C21H24N2O6S. The van der Waals surface area contributed by atoms with E-state index in [1.807, 2.05) is 20.8 Å². The molecule has 1 aromatic carbocycles. The van der Waals surface area contributed by atoms with E-state index in [1.165, 1.54) is 17.4 Å². The van der Waals surface area contributed by atoms with Gasteiger partial charge in [0, 0.05) is 18.0 Å². The van der Waals surface area contributed by atoms with Gasteiger partial charge in [-0.15, -0.1) is 11.3 Å². The van der Waals surface area contributed by atoms with E-state index in [1.54, 1.807) is 11.0 Å². The fraction of sp³-hybridized carbons (Fsp3) is 0.429. The van der Waals surface area contributed by atoms with Gasteiger partial charge in [0.2, 0.25) is 11.5 Å². The van der Waals surface area contributed by atoms with Crippen LogP contribution in [-0.2, 0) is 27.9 Å². The number of rotatable bonds is 4. The zero-order valence-corrected chi connectivity index (χ0v) is 17.9. The molecular weight excluding hydrogens is 408 g/mol. The number of carbonyl (C=O) groups is 2. The first-order valence-corrected chi connectivity index (χ1v) is 10.4.